The van der Waals surface area contributed by atoms with Crippen LogP contribution in [-0.4, -0.2) is 11.6 Å². The predicted molar refractivity (Wildman–Crippen MR) is 110 cm³/mol. The van der Waals surface area contributed by atoms with Crippen molar-refractivity contribution in [2.75, 3.05) is 0 Å². The Bertz CT molecular complexity index is 393. The molecule has 0 aromatic rings. The third-order valence-electron chi connectivity index (χ3n) is 5.46. The van der Waals surface area contributed by atoms with Crippen LogP contribution >= 0.6 is 0 Å². The third-order valence-corrected chi connectivity index (χ3v) is 5.46. The molecule has 1 aliphatic carbocycles. The second-order valence-corrected chi connectivity index (χ2v) is 8.83. The van der Waals surface area contributed by atoms with Gasteiger partial charge in [0.25, 0.3) is 0 Å². The highest BCUT2D eigenvalue weighted by molar-refractivity contribution is 5.02. The van der Waals surface area contributed by atoms with Gasteiger partial charge in [-0.05, 0) is 71.1 Å². The van der Waals surface area contributed by atoms with E-state index in [4.69, 9.17) is 0 Å². The number of rotatable bonds is 7. The zero-order valence-corrected chi connectivity index (χ0v) is 17.2. The molecule has 0 amide bonds. The zero-order chi connectivity index (χ0) is 18.0. The molecule has 0 heterocycles. The van der Waals surface area contributed by atoms with E-state index in [1.807, 2.05) is 0 Å². The van der Waals surface area contributed by atoms with Crippen LogP contribution in [0.1, 0.15) is 105 Å². The molecule has 1 heteroatoms. The summed E-state index contributed by atoms with van der Waals surface area (Å²) < 4.78 is 0. The van der Waals surface area contributed by atoms with Crippen LogP contribution in [0.4, 0.5) is 0 Å². The third kappa shape index (κ3) is 9.06. The van der Waals surface area contributed by atoms with E-state index < -0.39 is 0 Å². The van der Waals surface area contributed by atoms with Crippen LogP contribution in [0.3, 0.4) is 0 Å². The highest BCUT2D eigenvalue weighted by atomic mass is 15.0. The van der Waals surface area contributed by atoms with Gasteiger partial charge in [-0.2, -0.15) is 0 Å². The van der Waals surface area contributed by atoms with E-state index in [1.165, 1.54) is 76.2 Å². The van der Waals surface area contributed by atoms with Crippen LogP contribution < -0.4 is 5.32 Å². The summed E-state index contributed by atoms with van der Waals surface area (Å²) in [5.74, 6) is 0.756. The molecular formula is C23H43N. The SMILES string of the molecule is C=C(C)CCCCC1(NC(C)C)CCCCC(C)/C=C(\C)CCC1. The maximum atomic E-state index is 4.06. The Kier molecular flexibility index (Phi) is 9.96. The normalized spacial score (nSPS) is 28.9. The Morgan fingerprint density at radius 3 is 2.62 bits per heavy atom. The fraction of sp³-hybridized carbons (Fsp3) is 0.826. The van der Waals surface area contributed by atoms with Crippen molar-refractivity contribution < 1.29 is 0 Å². The first kappa shape index (κ1) is 21.5. The minimum absolute atomic E-state index is 0.358. The molecule has 0 fully saturated rings. The summed E-state index contributed by atoms with van der Waals surface area (Å²) >= 11 is 0. The number of nitrogens with one attached hydrogen (secondary N) is 1. The molecule has 1 aliphatic rings. The van der Waals surface area contributed by atoms with Gasteiger partial charge in [0.15, 0.2) is 0 Å². The molecule has 0 radical (unpaired) electrons. The summed E-state index contributed by atoms with van der Waals surface area (Å²) in [7, 11) is 0. The highest BCUT2D eigenvalue weighted by Crippen LogP contribution is 2.31. The highest BCUT2D eigenvalue weighted by Gasteiger charge is 2.29. The van der Waals surface area contributed by atoms with Gasteiger partial charge in [-0.3, -0.25) is 0 Å². The lowest BCUT2D eigenvalue weighted by Gasteiger charge is -2.38. The maximum Gasteiger partial charge on any atom is 0.0184 e. The van der Waals surface area contributed by atoms with Gasteiger partial charge in [-0.15, -0.1) is 6.58 Å². The molecule has 0 bridgehead atoms. The first-order valence-corrected chi connectivity index (χ1v) is 10.4. The van der Waals surface area contributed by atoms with Gasteiger partial charge >= 0.3 is 0 Å². The lowest BCUT2D eigenvalue weighted by molar-refractivity contribution is 0.223. The quantitative estimate of drug-likeness (QED) is 0.384. The average molecular weight is 334 g/mol. The lowest BCUT2D eigenvalue weighted by atomic mass is 9.81. The van der Waals surface area contributed by atoms with Crippen molar-refractivity contribution in [3.63, 3.8) is 0 Å². The molecule has 0 saturated heterocycles. The van der Waals surface area contributed by atoms with Crippen LogP contribution in [0.15, 0.2) is 23.8 Å². The Morgan fingerprint density at radius 1 is 1.25 bits per heavy atom. The molecule has 1 N–H and O–H groups in total. The second kappa shape index (κ2) is 11.1. The van der Waals surface area contributed by atoms with Crippen LogP contribution in [0.25, 0.3) is 0 Å². The Labute approximate surface area is 152 Å². The zero-order valence-electron chi connectivity index (χ0n) is 17.2. The van der Waals surface area contributed by atoms with Gasteiger partial charge < -0.3 is 5.32 Å². The Balaban J connectivity index is 2.72. The lowest BCUT2D eigenvalue weighted by Crippen LogP contribution is -2.48. The van der Waals surface area contributed by atoms with Crippen molar-refractivity contribution in [3.8, 4) is 0 Å². The summed E-state index contributed by atoms with van der Waals surface area (Å²) in [4.78, 5) is 0. The predicted octanol–water partition coefficient (Wildman–Crippen LogP) is 7.19. The monoisotopic (exact) mass is 333 g/mol. The van der Waals surface area contributed by atoms with Crippen molar-refractivity contribution in [1.82, 2.24) is 5.32 Å². The molecule has 140 valence electrons. The molecule has 2 atom stereocenters. The largest absolute Gasteiger partial charge is 0.309 e. The smallest absolute Gasteiger partial charge is 0.0184 e. The van der Waals surface area contributed by atoms with Gasteiger partial charge in [0, 0.05) is 11.6 Å². The van der Waals surface area contributed by atoms with Gasteiger partial charge in [0.05, 0.1) is 0 Å². The van der Waals surface area contributed by atoms with E-state index in [0.717, 1.165) is 5.92 Å². The first-order valence-electron chi connectivity index (χ1n) is 10.4. The minimum atomic E-state index is 0.358. The summed E-state index contributed by atoms with van der Waals surface area (Å²) in [6, 6.07) is 0.576. The molecule has 1 rings (SSSR count). The molecule has 24 heavy (non-hydrogen) atoms. The average Bonchev–Trinajstić information content (AvgIpc) is 2.49. The van der Waals surface area contributed by atoms with Gasteiger partial charge in [0.2, 0.25) is 0 Å². The molecular weight excluding hydrogens is 290 g/mol. The van der Waals surface area contributed by atoms with Crippen molar-refractivity contribution in [2.45, 2.75) is 117 Å². The number of allylic oxidation sites excluding steroid dienone is 3. The number of hydrogen-bond donors (Lipinski definition) is 1. The van der Waals surface area contributed by atoms with Crippen molar-refractivity contribution in [2.24, 2.45) is 5.92 Å². The van der Waals surface area contributed by atoms with Crippen LogP contribution in [0, 0.1) is 5.92 Å². The van der Waals surface area contributed by atoms with E-state index in [9.17, 15) is 0 Å². The summed E-state index contributed by atoms with van der Waals surface area (Å²) in [6.45, 7) is 15.6. The van der Waals surface area contributed by atoms with E-state index in [2.05, 4.69) is 52.6 Å². The fourth-order valence-corrected chi connectivity index (χ4v) is 4.38. The maximum absolute atomic E-state index is 4.06. The molecule has 0 saturated carbocycles. The summed E-state index contributed by atoms with van der Waals surface area (Å²) in [5.41, 5.74) is 3.29. The van der Waals surface area contributed by atoms with Crippen LogP contribution in [0.5, 0.6) is 0 Å². The van der Waals surface area contributed by atoms with Gasteiger partial charge in [-0.25, -0.2) is 0 Å². The molecule has 0 aromatic heterocycles. The van der Waals surface area contributed by atoms with Crippen molar-refractivity contribution in [3.05, 3.63) is 23.8 Å². The van der Waals surface area contributed by atoms with Gasteiger partial charge in [0.1, 0.15) is 0 Å². The van der Waals surface area contributed by atoms with E-state index >= 15 is 0 Å². The Morgan fingerprint density at radius 2 is 1.96 bits per heavy atom. The second-order valence-electron chi connectivity index (χ2n) is 8.83. The topological polar surface area (TPSA) is 12.0 Å². The Hall–Kier alpha value is -0.560. The minimum Gasteiger partial charge on any atom is -0.309 e. The van der Waals surface area contributed by atoms with Crippen LogP contribution in [0.2, 0.25) is 0 Å². The molecule has 0 aromatic carbocycles. The fourth-order valence-electron chi connectivity index (χ4n) is 4.38. The molecule has 0 spiro atoms. The molecule has 0 aliphatic heterocycles. The summed E-state index contributed by atoms with van der Waals surface area (Å²) in [5, 5.41) is 4.00. The van der Waals surface area contributed by atoms with Crippen molar-refractivity contribution >= 4 is 0 Å². The first-order chi connectivity index (χ1) is 11.3. The summed E-state index contributed by atoms with van der Waals surface area (Å²) in [6.07, 6.45) is 17.1. The van der Waals surface area contributed by atoms with E-state index in [1.54, 1.807) is 5.57 Å². The van der Waals surface area contributed by atoms with E-state index in [0.29, 0.717) is 11.6 Å². The molecule has 2 unspecified atom stereocenters. The van der Waals surface area contributed by atoms with Gasteiger partial charge in [-0.1, -0.05) is 57.3 Å². The standard InChI is InChI=1S/C23H43N/c1-19(2)12-7-9-15-23(24-20(3)4)16-10-8-13-21(5)18-22(6)14-11-17-23/h18,20-21,24H,1,7-17H2,2-6H3/b22-18+. The molecule has 1 nitrogen and oxygen atoms in total. The van der Waals surface area contributed by atoms with E-state index in [-0.39, 0.29) is 0 Å². The van der Waals surface area contributed by atoms with Crippen LogP contribution in [-0.2, 0) is 0 Å². The number of unbranched alkanes of at least 4 members (excludes halogenated alkanes) is 1. The van der Waals surface area contributed by atoms with Crippen molar-refractivity contribution in [1.29, 1.82) is 0 Å². The number of hydrogen-bond acceptors (Lipinski definition) is 1.